The van der Waals surface area contributed by atoms with Crippen molar-refractivity contribution in [3.8, 4) is 12.3 Å². The highest BCUT2D eigenvalue weighted by molar-refractivity contribution is 5.26. The lowest BCUT2D eigenvalue weighted by atomic mass is 10.1. The summed E-state index contributed by atoms with van der Waals surface area (Å²) < 4.78 is 0. The van der Waals surface area contributed by atoms with E-state index in [1.54, 1.807) is 0 Å². The number of allylic oxidation sites excluding steroid dienone is 1. The molecule has 1 rings (SSSR count). The molecule has 1 saturated carbocycles. The molecule has 1 N–H and O–H groups in total. The van der Waals surface area contributed by atoms with Crippen molar-refractivity contribution in [3.63, 3.8) is 0 Å². The van der Waals surface area contributed by atoms with Crippen LogP contribution in [0.25, 0.3) is 0 Å². The highest BCUT2D eigenvalue weighted by atomic mass is 16.3. The third-order valence-corrected chi connectivity index (χ3v) is 2.55. The van der Waals surface area contributed by atoms with E-state index >= 15 is 0 Å². The van der Waals surface area contributed by atoms with Crippen LogP contribution < -0.4 is 0 Å². The van der Waals surface area contributed by atoms with Gasteiger partial charge in [0.15, 0.2) is 0 Å². The molecule has 0 aromatic rings. The molecule has 1 fully saturated rings. The lowest BCUT2D eigenvalue weighted by Crippen LogP contribution is -2.12. The zero-order valence-corrected chi connectivity index (χ0v) is 7.09. The Labute approximate surface area is 68.1 Å². The average Bonchev–Trinajstić information content (AvgIpc) is 2.63. The van der Waals surface area contributed by atoms with Gasteiger partial charge in [0.1, 0.15) is 0 Å². The Hall–Kier alpha value is -0.740. The van der Waals surface area contributed by atoms with Gasteiger partial charge in [-0.3, -0.25) is 0 Å². The lowest BCUT2D eigenvalue weighted by Gasteiger charge is -2.08. The van der Waals surface area contributed by atoms with Crippen LogP contribution in [0, 0.1) is 18.3 Å². The maximum absolute atomic E-state index is 9.82. The topological polar surface area (TPSA) is 20.2 Å². The summed E-state index contributed by atoms with van der Waals surface area (Å²) in [7, 11) is 0. The first-order valence-electron chi connectivity index (χ1n) is 3.94. The van der Waals surface area contributed by atoms with Crippen molar-refractivity contribution in [1.29, 1.82) is 0 Å². The minimum atomic E-state index is -0.554. The van der Waals surface area contributed by atoms with Gasteiger partial charge >= 0.3 is 0 Å². The Bertz CT molecular complexity index is 222. The van der Waals surface area contributed by atoms with E-state index in [1.807, 2.05) is 19.9 Å². The minimum absolute atomic E-state index is 0.309. The van der Waals surface area contributed by atoms with E-state index in [-0.39, 0.29) is 0 Å². The van der Waals surface area contributed by atoms with Gasteiger partial charge in [-0.1, -0.05) is 6.08 Å². The van der Waals surface area contributed by atoms with Gasteiger partial charge in [0, 0.05) is 12.3 Å². The third-order valence-electron chi connectivity index (χ3n) is 2.55. The smallest absolute Gasteiger partial charge is 0.0896 e. The number of hydrogen-bond donors (Lipinski definition) is 1. The first-order valence-corrected chi connectivity index (χ1v) is 3.94. The Balaban J connectivity index is 2.57. The second kappa shape index (κ2) is 2.71. The zero-order chi connectivity index (χ0) is 8.48. The molecular formula is C10H14O. The molecule has 1 nitrogen and oxygen atoms in total. The van der Waals surface area contributed by atoms with Crippen molar-refractivity contribution in [2.45, 2.75) is 32.3 Å². The molecule has 0 unspecified atom stereocenters. The van der Waals surface area contributed by atoms with Gasteiger partial charge in [0.05, 0.1) is 5.60 Å². The van der Waals surface area contributed by atoms with Crippen LogP contribution in [0.1, 0.15) is 26.7 Å². The maximum Gasteiger partial charge on any atom is 0.0896 e. The van der Waals surface area contributed by atoms with Crippen molar-refractivity contribution in [3.05, 3.63) is 11.6 Å². The van der Waals surface area contributed by atoms with E-state index in [9.17, 15) is 5.11 Å². The first kappa shape index (κ1) is 8.36. The summed E-state index contributed by atoms with van der Waals surface area (Å²) >= 11 is 0. The zero-order valence-electron chi connectivity index (χ0n) is 7.09. The molecule has 0 spiro atoms. The SMILES string of the molecule is C#CC[C@@H]1C[C@]1(O)/C(C)=C/C. The van der Waals surface area contributed by atoms with Crippen LogP contribution in [0.15, 0.2) is 11.6 Å². The van der Waals surface area contributed by atoms with E-state index in [1.165, 1.54) is 0 Å². The number of rotatable bonds is 2. The summed E-state index contributed by atoms with van der Waals surface area (Å²) in [6.07, 6.45) is 8.64. The van der Waals surface area contributed by atoms with E-state index in [0.29, 0.717) is 12.3 Å². The molecule has 1 aliphatic rings. The minimum Gasteiger partial charge on any atom is -0.385 e. The molecule has 0 aromatic carbocycles. The van der Waals surface area contributed by atoms with Gasteiger partial charge < -0.3 is 5.11 Å². The molecule has 0 radical (unpaired) electrons. The lowest BCUT2D eigenvalue weighted by molar-refractivity contribution is 0.170. The quantitative estimate of drug-likeness (QED) is 0.469. The highest BCUT2D eigenvalue weighted by Gasteiger charge is 2.52. The van der Waals surface area contributed by atoms with Crippen LogP contribution in [-0.4, -0.2) is 10.7 Å². The molecule has 0 bridgehead atoms. The predicted molar refractivity (Wildman–Crippen MR) is 45.9 cm³/mol. The largest absolute Gasteiger partial charge is 0.385 e. The fourth-order valence-corrected chi connectivity index (χ4v) is 1.43. The Morgan fingerprint density at radius 2 is 2.55 bits per heavy atom. The fraction of sp³-hybridized carbons (Fsp3) is 0.600. The van der Waals surface area contributed by atoms with Crippen LogP contribution in [0.5, 0.6) is 0 Å². The Morgan fingerprint density at radius 3 is 3.00 bits per heavy atom. The average molecular weight is 150 g/mol. The summed E-state index contributed by atoms with van der Waals surface area (Å²) in [5.74, 6) is 2.89. The molecule has 0 aromatic heterocycles. The normalized spacial score (nSPS) is 36.5. The van der Waals surface area contributed by atoms with Gasteiger partial charge in [-0.05, 0) is 25.8 Å². The maximum atomic E-state index is 9.82. The second-order valence-corrected chi connectivity index (χ2v) is 3.21. The third kappa shape index (κ3) is 1.32. The molecular weight excluding hydrogens is 136 g/mol. The van der Waals surface area contributed by atoms with Crippen LogP contribution in [0.4, 0.5) is 0 Å². The van der Waals surface area contributed by atoms with E-state index in [0.717, 1.165) is 12.0 Å². The summed E-state index contributed by atoms with van der Waals surface area (Å²) in [5.41, 5.74) is 0.499. The van der Waals surface area contributed by atoms with Gasteiger partial charge in [-0.2, -0.15) is 0 Å². The van der Waals surface area contributed by atoms with Crippen molar-refractivity contribution in [1.82, 2.24) is 0 Å². The molecule has 1 aliphatic carbocycles. The standard InChI is InChI=1S/C10H14O/c1-4-6-9-7-10(9,11)8(3)5-2/h1,5,9,11H,6-7H2,2-3H3/b8-5+/t9-,10+/m1/s1. The molecule has 0 aliphatic heterocycles. The van der Waals surface area contributed by atoms with Crippen LogP contribution >= 0.6 is 0 Å². The predicted octanol–water partition coefficient (Wildman–Crippen LogP) is 1.73. The summed E-state index contributed by atoms with van der Waals surface area (Å²) in [6.45, 7) is 3.90. The molecule has 0 amide bonds. The van der Waals surface area contributed by atoms with Crippen LogP contribution in [0.3, 0.4) is 0 Å². The van der Waals surface area contributed by atoms with E-state index < -0.39 is 5.60 Å². The second-order valence-electron chi connectivity index (χ2n) is 3.21. The number of aliphatic hydroxyl groups is 1. The van der Waals surface area contributed by atoms with Crippen molar-refractivity contribution < 1.29 is 5.11 Å². The van der Waals surface area contributed by atoms with Crippen molar-refractivity contribution in [2.75, 3.05) is 0 Å². The Kier molecular flexibility index (Phi) is 2.06. The van der Waals surface area contributed by atoms with Crippen LogP contribution in [-0.2, 0) is 0 Å². The van der Waals surface area contributed by atoms with Gasteiger partial charge in [-0.25, -0.2) is 0 Å². The van der Waals surface area contributed by atoms with Crippen LogP contribution in [0.2, 0.25) is 0 Å². The number of hydrogen-bond acceptors (Lipinski definition) is 1. The Morgan fingerprint density at radius 1 is 1.91 bits per heavy atom. The molecule has 0 saturated heterocycles. The molecule has 60 valence electrons. The molecule has 0 heterocycles. The van der Waals surface area contributed by atoms with Gasteiger partial charge in [0.2, 0.25) is 0 Å². The first-order chi connectivity index (χ1) is 5.15. The monoisotopic (exact) mass is 150 g/mol. The van der Waals surface area contributed by atoms with Crippen molar-refractivity contribution >= 4 is 0 Å². The molecule has 11 heavy (non-hydrogen) atoms. The number of terminal acetylenes is 1. The summed E-state index contributed by atoms with van der Waals surface area (Å²) in [6, 6.07) is 0. The molecule has 1 heteroatoms. The summed E-state index contributed by atoms with van der Waals surface area (Å²) in [5, 5.41) is 9.82. The molecule has 2 atom stereocenters. The van der Waals surface area contributed by atoms with Gasteiger partial charge in [-0.15, -0.1) is 12.3 Å². The highest BCUT2D eigenvalue weighted by Crippen LogP contribution is 2.50. The van der Waals surface area contributed by atoms with Crippen molar-refractivity contribution in [2.24, 2.45) is 5.92 Å². The van der Waals surface area contributed by atoms with E-state index in [2.05, 4.69) is 5.92 Å². The van der Waals surface area contributed by atoms with E-state index in [4.69, 9.17) is 6.42 Å². The summed E-state index contributed by atoms with van der Waals surface area (Å²) in [4.78, 5) is 0. The van der Waals surface area contributed by atoms with Gasteiger partial charge in [0.25, 0.3) is 0 Å². The fourth-order valence-electron chi connectivity index (χ4n) is 1.43.